The molecule has 20 heavy (non-hydrogen) atoms. The van der Waals surface area contributed by atoms with Crippen molar-refractivity contribution in [1.82, 2.24) is 0 Å². The van der Waals surface area contributed by atoms with Crippen molar-refractivity contribution < 1.29 is 19.1 Å². The Kier molecular flexibility index (Phi) is 3.57. The summed E-state index contributed by atoms with van der Waals surface area (Å²) in [7, 11) is 0. The third-order valence-electron chi connectivity index (χ3n) is 3.74. The lowest BCUT2D eigenvalue weighted by Crippen LogP contribution is -2.09. The first-order valence-corrected chi connectivity index (χ1v) is 7.11. The number of carbonyl (C=O) groups is 1. The molecule has 4 nitrogen and oxygen atoms in total. The highest BCUT2D eigenvalue weighted by Gasteiger charge is 2.23. The van der Waals surface area contributed by atoms with E-state index >= 15 is 0 Å². The largest absolute Gasteiger partial charge is 0.488 e. The summed E-state index contributed by atoms with van der Waals surface area (Å²) in [6.45, 7) is 0.529. The molecule has 2 aromatic rings. The van der Waals surface area contributed by atoms with Crippen LogP contribution >= 0.6 is 11.6 Å². The number of carboxylic acid groups (broad SMARTS) is 1. The SMILES string of the molecule is O=C(O)c1oc2ccc(Cl)cc2c1OCC1CCCC1. The van der Waals surface area contributed by atoms with Crippen molar-refractivity contribution >= 4 is 28.5 Å². The fourth-order valence-electron chi connectivity index (χ4n) is 2.71. The van der Waals surface area contributed by atoms with E-state index in [4.69, 9.17) is 20.8 Å². The van der Waals surface area contributed by atoms with E-state index in [1.165, 1.54) is 12.8 Å². The smallest absolute Gasteiger partial charge is 0.375 e. The molecule has 0 saturated heterocycles. The average molecular weight is 295 g/mol. The molecular weight excluding hydrogens is 280 g/mol. The molecule has 5 heteroatoms. The monoisotopic (exact) mass is 294 g/mol. The van der Waals surface area contributed by atoms with Gasteiger partial charge in [0.15, 0.2) is 5.75 Å². The van der Waals surface area contributed by atoms with Gasteiger partial charge in [0.1, 0.15) is 5.58 Å². The highest BCUT2D eigenvalue weighted by atomic mass is 35.5. The quantitative estimate of drug-likeness (QED) is 0.910. The lowest BCUT2D eigenvalue weighted by atomic mass is 10.1. The molecule has 1 saturated carbocycles. The van der Waals surface area contributed by atoms with Crippen LogP contribution in [0.15, 0.2) is 22.6 Å². The Morgan fingerprint density at radius 2 is 2.15 bits per heavy atom. The van der Waals surface area contributed by atoms with E-state index in [2.05, 4.69) is 0 Å². The van der Waals surface area contributed by atoms with Gasteiger partial charge in [0.2, 0.25) is 0 Å². The maximum Gasteiger partial charge on any atom is 0.375 e. The number of hydrogen-bond donors (Lipinski definition) is 1. The summed E-state index contributed by atoms with van der Waals surface area (Å²) in [4.78, 5) is 11.3. The van der Waals surface area contributed by atoms with E-state index in [0.29, 0.717) is 34.3 Å². The molecule has 0 unspecified atom stereocenters. The molecule has 1 aliphatic rings. The van der Waals surface area contributed by atoms with Crippen LogP contribution in [0.25, 0.3) is 11.0 Å². The molecule has 0 atom stereocenters. The number of furan rings is 1. The molecule has 1 heterocycles. The first-order chi connectivity index (χ1) is 9.65. The van der Waals surface area contributed by atoms with Crippen molar-refractivity contribution in [3.05, 3.63) is 29.0 Å². The summed E-state index contributed by atoms with van der Waals surface area (Å²) in [5, 5.41) is 10.4. The molecule has 1 aromatic heterocycles. The maximum atomic E-state index is 11.3. The molecule has 1 aromatic carbocycles. The van der Waals surface area contributed by atoms with Gasteiger partial charge in [-0.2, -0.15) is 0 Å². The van der Waals surface area contributed by atoms with E-state index in [1.807, 2.05) is 0 Å². The number of carboxylic acids is 1. The molecule has 1 fully saturated rings. The highest BCUT2D eigenvalue weighted by molar-refractivity contribution is 6.31. The molecule has 0 aliphatic heterocycles. The predicted octanol–water partition coefficient (Wildman–Crippen LogP) is 4.35. The van der Waals surface area contributed by atoms with Gasteiger partial charge in [-0.1, -0.05) is 24.4 Å². The van der Waals surface area contributed by atoms with Crippen LogP contribution in [0.1, 0.15) is 36.2 Å². The second-order valence-corrected chi connectivity index (χ2v) is 5.60. The summed E-state index contributed by atoms with van der Waals surface area (Å²) >= 11 is 5.96. The van der Waals surface area contributed by atoms with E-state index in [9.17, 15) is 9.90 Å². The Balaban J connectivity index is 1.94. The third-order valence-corrected chi connectivity index (χ3v) is 3.97. The average Bonchev–Trinajstić information content (AvgIpc) is 3.03. The molecule has 3 rings (SSSR count). The number of aromatic carboxylic acids is 1. The van der Waals surface area contributed by atoms with Crippen molar-refractivity contribution in [3.63, 3.8) is 0 Å². The Labute approximate surface area is 121 Å². The van der Waals surface area contributed by atoms with Crippen molar-refractivity contribution in [2.45, 2.75) is 25.7 Å². The van der Waals surface area contributed by atoms with Gasteiger partial charge in [-0.3, -0.25) is 0 Å². The summed E-state index contributed by atoms with van der Waals surface area (Å²) in [5.74, 6) is -0.485. The van der Waals surface area contributed by atoms with E-state index < -0.39 is 5.97 Å². The first-order valence-electron chi connectivity index (χ1n) is 6.73. The lowest BCUT2D eigenvalue weighted by Gasteiger charge is -2.10. The zero-order chi connectivity index (χ0) is 14.1. The van der Waals surface area contributed by atoms with Crippen molar-refractivity contribution in [2.24, 2.45) is 5.92 Å². The summed E-state index contributed by atoms with van der Waals surface area (Å²) in [6.07, 6.45) is 4.72. The van der Waals surface area contributed by atoms with Crippen molar-refractivity contribution in [2.75, 3.05) is 6.61 Å². The van der Waals surface area contributed by atoms with Gasteiger partial charge in [0.25, 0.3) is 5.76 Å². The minimum atomic E-state index is -1.13. The molecule has 1 N–H and O–H groups in total. The minimum absolute atomic E-state index is 0.153. The predicted molar refractivity (Wildman–Crippen MR) is 75.6 cm³/mol. The number of rotatable bonds is 4. The van der Waals surface area contributed by atoms with Crippen LogP contribution in [0.2, 0.25) is 5.02 Å². The summed E-state index contributed by atoms with van der Waals surface area (Å²) < 4.78 is 11.1. The second kappa shape index (κ2) is 5.37. The fourth-order valence-corrected chi connectivity index (χ4v) is 2.88. The molecule has 0 spiro atoms. The Morgan fingerprint density at radius 3 is 2.85 bits per heavy atom. The van der Waals surface area contributed by atoms with Crippen LogP contribution in [0.5, 0.6) is 5.75 Å². The number of halogens is 1. The van der Waals surface area contributed by atoms with Gasteiger partial charge in [0.05, 0.1) is 12.0 Å². The van der Waals surface area contributed by atoms with Gasteiger partial charge in [0, 0.05) is 5.02 Å². The van der Waals surface area contributed by atoms with Crippen molar-refractivity contribution in [3.8, 4) is 5.75 Å². The highest BCUT2D eigenvalue weighted by Crippen LogP contribution is 2.36. The summed E-state index contributed by atoms with van der Waals surface area (Å²) in [5.41, 5.74) is 0.480. The maximum absolute atomic E-state index is 11.3. The van der Waals surface area contributed by atoms with E-state index in [-0.39, 0.29) is 5.76 Å². The molecule has 106 valence electrons. The Bertz CT molecular complexity index is 641. The standard InChI is InChI=1S/C15H15ClO4/c16-10-5-6-12-11(7-10)13(14(20-12)15(17)18)19-8-9-3-1-2-4-9/h5-7,9H,1-4,8H2,(H,17,18). The summed E-state index contributed by atoms with van der Waals surface area (Å²) in [6, 6.07) is 5.00. The van der Waals surface area contributed by atoms with Gasteiger partial charge < -0.3 is 14.3 Å². The van der Waals surface area contributed by atoms with Crippen LogP contribution in [0.3, 0.4) is 0 Å². The van der Waals surface area contributed by atoms with Gasteiger partial charge >= 0.3 is 5.97 Å². The normalized spacial score (nSPS) is 15.8. The molecule has 0 bridgehead atoms. The fraction of sp³-hybridized carbons (Fsp3) is 0.400. The first kappa shape index (κ1) is 13.3. The number of hydrogen-bond acceptors (Lipinski definition) is 3. The van der Waals surface area contributed by atoms with Crippen LogP contribution in [-0.4, -0.2) is 17.7 Å². The van der Waals surface area contributed by atoms with Gasteiger partial charge in [-0.25, -0.2) is 4.79 Å². The van der Waals surface area contributed by atoms with Gasteiger partial charge in [-0.05, 0) is 37.0 Å². The van der Waals surface area contributed by atoms with Gasteiger partial charge in [-0.15, -0.1) is 0 Å². The second-order valence-electron chi connectivity index (χ2n) is 5.17. The molecule has 1 aliphatic carbocycles. The van der Waals surface area contributed by atoms with Crippen LogP contribution in [0.4, 0.5) is 0 Å². The van der Waals surface area contributed by atoms with E-state index in [0.717, 1.165) is 12.8 Å². The van der Waals surface area contributed by atoms with E-state index in [1.54, 1.807) is 18.2 Å². The number of benzene rings is 1. The number of fused-ring (bicyclic) bond motifs is 1. The Hall–Kier alpha value is -1.68. The zero-order valence-corrected chi connectivity index (χ0v) is 11.7. The molecular formula is C15H15ClO4. The third kappa shape index (κ3) is 2.48. The van der Waals surface area contributed by atoms with Crippen LogP contribution in [-0.2, 0) is 0 Å². The van der Waals surface area contributed by atoms with Crippen LogP contribution in [0, 0.1) is 5.92 Å². The molecule has 0 amide bonds. The minimum Gasteiger partial charge on any atom is -0.488 e. The lowest BCUT2D eigenvalue weighted by molar-refractivity contribution is 0.0657. The Morgan fingerprint density at radius 1 is 1.40 bits per heavy atom. The number of ether oxygens (including phenoxy) is 1. The molecule has 0 radical (unpaired) electrons. The van der Waals surface area contributed by atoms with Crippen molar-refractivity contribution in [1.29, 1.82) is 0 Å². The van der Waals surface area contributed by atoms with Crippen LogP contribution < -0.4 is 4.74 Å². The zero-order valence-electron chi connectivity index (χ0n) is 10.9. The topological polar surface area (TPSA) is 59.7 Å².